The number of piperidine rings is 1. The number of ether oxygens (including phenoxy) is 1. The van der Waals surface area contributed by atoms with Crippen LogP contribution in [-0.4, -0.2) is 36.8 Å². The summed E-state index contributed by atoms with van der Waals surface area (Å²) in [6.45, 7) is 9.18. The Labute approximate surface area is 126 Å². The molecule has 1 aromatic heterocycles. The quantitative estimate of drug-likeness (QED) is 0.803. The summed E-state index contributed by atoms with van der Waals surface area (Å²) in [4.78, 5) is 11.4. The lowest BCUT2D eigenvalue weighted by atomic mass is 9.95. The highest BCUT2D eigenvalue weighted by atomic mass is 35.5. The number of rotatable bonds is 3. The molecule has 0 amide bonds. The third kappa shape index (κ3) is 3.83. The van der Waals surface area contributed by atoms with Gasteiger partial charge in [-0.2, -0.15) is 0 Å². The Hall–Kier alpha value is -0.870. The molecule has 0 radical (unpaired) electrons. The van der Waals surface area contributed by atoms with Gasteiger partial charge in [0.2, 0.25) is 0 Å². The molecule has 0 bridgehead atoms. The van der Waals surface area contributed by atoms with Gasteiger partial charge in [0, 0.05) is 38.3 Å². The maximum atomic E-state index is 6.16. The van der Waals surface area contributed by atoms with E-state index in [2.05, 4.69) is 30.7 Å². The molecule has 1 aliphatic heterocycles. The van der Waals surface area contributed by atoms with Crippen molar-refractivity contribution in [1.82, 2.24) is 9.97 Å². The van der Waals surface area contributed by atoms with E-state index in [1.165, 1.54) is 0 Å². The summed E-state index contributed by atoms with van der Waals surface area (Å²) >= 11 is 6.16. The second kappa shape index (κ2) is 6.27. The molecule has 1 aliphatic rings. The van der Waals surface area contributed by atoms with E-state index in [0.717, 1.165) is 44.2 Å². The number of hydrogen-bond acceptors (Lipinski definition) is 4. The molecule has 20 heavy (non-hydrogen) atoms. The number of methoxy groups -OCH3 is 1. The molecule has 4 nitrogen and oxygen atoms in total. The molecular formula is C15H24ClN3O. The summed E-state index contributed by atoms with van der Waals surface area (Å²) < 4.78 is 5.24. The largest absolute Gasteiger partial charge is 0.384 e. The molecule has 1 fully saturated rings. The second-order valence-electron chi connectivity index (χ2n) is 6.51. The molecule has 1 saturated heterocycles. The van der Waals surface area contributed by atoms with Crippen LogP contribution in [0.15, 0.2) is 6.07 Å². The molecule has 0 unspecified atom stereocenters. The van der Waals surface area contributed by atoms with Crippen molar-refractivity contribution in [2.24, 2.45) is 5.92 Å². The van der Waals surface area contributed by atoms with Crippen molar-refractivity contribution in [3.63, 3.8) is 0 Å². The summed E-state index contributed by atoms with van der Waals surface area (Å²) in [6.07, 6.45) is 2.28. The summed E-state index contributed by atoms with van der Waals surface area (Å²) in [6, 6.07) is 1.87. The molecule has 0 aromatic carbocycles. The summed E-state index contributed by atoms with van der Waals surface area (Å²) in [7, 11) is 1.77. The fourth-order valence-electron chi connectivity index (χ4n) is 2.47. The van der Waals surface area contributed by atoms with Crippen molar-refractivity contribution < 1.29 is 4.74 Å². The maximum absolute atomic E-state index is 6.16. The predicted octanol–water partition coefficient (Wildman–Crippen LogP) is 3.29. The van der Waals surface area contributed by atoms with E-state index in [4.69, 9.17) is 21.3 Å². The fraction of sp³-hybridized carbons (Fsp3) is 0.733. The average molecular weight is 298 g/mol. The molecule has 0 aliphatic carbocycles. The van der Waals surface area contributed by atoms with Crippen LogP contribution < -0.4 is 4.90 Å². The lowest BCUT2D eigenvalue weighted by Gasteiger charge is -2.33. The minimum atomic E-state index is -0.0893. The van der Waals surface area contributed by atoms with E-state index >= 15 is 0 Å². The van der Waals surface area contributed by atoms with Gasteiger partial charge in [0.15, 0.2) is 0 Å². The van der Waals surface area contributed by atoms with E-state index in [1.807, 2.05) is 6.07 Å². The number of aromatic nitrogens is 2. The van der Waals surface area contributed by atoms with Crippen LogP contribution in [0.3, 0.4) is 0 Å². The van der Waals surface area contributed by atoms with Gasteiger partial charge in [0.1, 0.15) is 16.8 Å². The van der Waals surface area contributed by atoms with Gasteiger partial charge in [-0.15, -0.1) is 0 Å². The van der Waals surface area contributed by atoms with Crippen LogP contribution >= 0.6 is 11.6 Å². The zero-order chi connectivity index (χ0) is 14.8. The molecule has 0 N–H and O–H groups in total. The SMILES string of the molecule is COCC1CCN(c2cc(Cl)nc(C(C)(C)C)n2)CC1. The van der Waals surface area contributed by atoms with Gasteiger partial charge in [0.25, 0.3) is 0 Å². The van der Waals surface area contributed by atoms with E-state index in [1.54, 1.807) is 7.11 Å². The Morgan fingerprint density at radius 1 is 1.30 bits per heavy atom. The van der Waals surface area contributed by atoms with Crippen LogP contribution in [0, 0.1) is 5.92 Å². The van der Waals surface area contributed by atoms with Crippen LogP contribution in [0.4, 0.5) is 5.82 Å². The molecule has 0 atom stereocenters. The number of nitrogens with zero attached hydrogens (tertiary/aromatic N) is 3. The van der Waals surface area contributed by atoms with E-state index in [9.17, 15) is 0 Å². The van der Waals surface area contributed by atoms with E-state index in [0.29, 0.717) is 11.1 Å². The monoisotopic (exact) mass is 297 g/mol. The van der Waals surface area contributed by atoms with Crippen molar-refractivity contribution >= 4 is 17.4 Å². The fourth-order valence-corrected chi connectivity index (χ4v) is 2.65. The number of anilines is 1. The smallest absolute Gasteiger partial charge is 0.137 e. The topological polar surface area (TPSA) is 38.2 Å². The first-order chi connectivity index (χ1) is 9.40. The third-order valence-corrected chi connectivity index (χ3v) is 3.89. The minimum absolute atomic E-state index is 0.0893. The minimum Gasteiger partial charge on any atom is -0.384 e. The van der Waals surface area contributed by atoms with Gasteiger partial charge in [-0.3, -0.25) is 0 Å². The third-order valence-electron chi connectivity index (χ3n) is 3.69. The number of hydrogen-bond donors (Lipinski definition) is 0. The predicted molar refractivity (Wildman–Crippen MR) is 82.6 cm³/mol. The van der Waals surface area contributed by atoms with Crippen LogP contribution in [-0.2, 0) is 10.2 Å². The average Bonchev–Trinajstić information content (AvgIpc) is 2.38. The Kier molecular flexibility index (Phi) is 4.86. The van der Waals surface area contributed by atoms with E-state index in [-0.39, 0.29) is 5.41 Å². The van der Waals surface area contributed by atoms with Crippen molar-refractivity contribution in [3.8, 4) is 0 Å². The molecule has 2 rings (SSSR count). The van der Waals surface area contributed by atoms with Gasteiger partial charge in [-0.25, -0.2) is 9.97 Å². The zero-order valence-electron chi connectivity index (χ0n) is 12.8. The Morgan fingerprint density at radius 2 is 1.95 bits per heavy atom. The molecule has 2 heterocycles. The van der Waals surface area contributed by atoms with E-state index < -0.39 is 0 Å². The van der Waals surface area contributed by atoms with Crippen LogP contribution in [0.1, 0.15) is 39.4 Å². The van der Waals surface area contributed by atoms with Crippen molar-refractivity contribution in [1.29, 1.82) is 0 Å². The Bertz CT molecular complexity index is 451. The zero-order valence-corrected chi connectivity index (χ0v) is 13.6. The van der Waals surface area contributed by atoms with Gasteiger partial charge in [-0.05, 0) is 18.8 Å². The first kappa shape index (κ1) is 15.5. The summed E-state index contributed by atoms with van der Waals surface area (Å²) in [5, 5.41) is 0.527. The molecule has 0 spiro atoms. The van der Waals surface area contributed by atoms with Gasteiger partial charge in [0.05, 0.1) is 0 Å². The Morgan fingerprint density at radius 3 is 2.50 bits per heavy atom. The molecular weight excluding hydrogens is 274 g/mol. The first-order valence-corrected chi connectivity index (χ1v) is 7.57. The highest BCUT2D eigenvalue weighted by Crippen LogP contribution is 2.27. The van der Waals surface area contributed by atoms with Crippen molar-refractivity contribution in [2.75, 3.05) is 31.7 Å². The lowest BCUT2D eigenvalue weighted by molar-refractivity contribution is 0.139. The normalized spacial score (nSPS) is 17.6. The highest BCUT2D eigenvalue weighted by molar-refractivity contribution is 6.29. The van der Waals surface area contributed by atoms with Crippen molar-refractivity contribution in [3.05, 3.63) is 17.0 Å². The van der Waals surface area contributed by atoms with Crippen LogP contribution in [0.5, 0.6) is 0 Å². The second-order valence-corrected chi connectivity index (χ2v) is 6.90. The standard InChI is InChI=1S/C15H24ClN3O/c1-15(2,3)14-17-12(16)9-13(18-14)19-7-5-11(6-8-19)10-20-4/h9,11H,5-8,10H2,1-4H3. The summed E-state index contributed by atoms with van der Waals surface area (Å²) in [5.74, 6) is 2.42. The van der Waals surface area contributed by atoms with Crippen LogP contribution in [0.25, 0.3) is 0 Å². The van der Waals surface area contributed by atoms with Gasteiger partial charge >= 0.3 is 0 Å². The molecule has 5 heteroatoms. The molecule has 112 valence electrons. The molecule has 1 aromatic rings. The van der Waals surface area contributed by atoms with Crippen LogP contribution in [0.2, 0.25) is 5.15 Å². The summed E-state index contributed by atoms with van der Waals surface area (Å²) in [5.41, 5.74) is -0.0893. The highest BCUT2D eigenvalue weighted by Gasteiger charge is 2.23. The van der Waals surface area contributed by atoms with Gasteiger partial charge < -0.3 is 9.64 Å². The lowest BCUT2D eigenvalue weighted by Crippen LogP contribution is -2.36. The number of halogens is 1. The Balaban J connectivity index is 2.12. The van der Waals surface area contributed by atoms with Crippen molar-refractivity contribution in [2.45, 2.75) is 39.0 Å². The first-order valence-electron chi connectivity index (χ1n) is 7.19. The maximum Gasteiger partial charge on any atom is 0.137 e. The molecule has 0 saturated carbocycles. The van der Waals surface area contributed by atoms with Gasteiger partial charge in [-0.1, -0.05) is 32.4 Å².